The minimum Gasteiger partial charge on any atom is -0.490 e. The Balaban J connectivity index is 1.83. The Morgan fingerprint density at radius 2 is 2.33 bits per heavy atom. The van der Waals surface area contributed by atoms with Crippen molar-refractivity contribution in [1.29, 1.82) is 0 Å². The van der Waals surface area contributed by atoms with Gasteiger partial charge >= 0.3 is 0 Å². The molecule has 2 heterocycles. The van der Waals surface area contributed by atoms with E-state index in [1.165, 1.54) is 5.56 Å². The minimum absolute atomic E-state index is 0.0410. The van der Waals surface area contributed by atoms with Crippen molar-refractivity contribution in [2.45, 2.75) is 32.7 Å². The Hall–Kier alpha value is -0.580. The quantitative estimate of drug-likeness (QED) is 0.796. The van der Waals surface area contributed by atoms with Crippen LogP contribution < -0.4 is 4.74 Å². The van der Waals surface area contributed by atoms with Gasteiger partial charge in [0.2, 0.25) is 0 Å². The van der Waals surface area contributed by atoms with Crippen LogP contribution in [-0.4, -0.2) is 25.1 Å². The van der Waals surface area contributed by atoms with Gasteiger partial charge in [-0.2, -0.15) is 0 Å². The fourth-order valence-electron chi connectivity index (χ4n) is 1.52. The SMILES string of the molecule is Cc1cscc1OCC1COC(C)(C)O1. The summed E-state index contributed by atoms with van der Waals surface area (Å²) in [5.41, 5.74) is 1.18. The van der Waals surface area contributed by atoms with E-state index >= 15 is 0 Å². The molecule has 0 amide bonds. The molecule has 1 saturated heterocycles. The van der Waals surface area contributed by atoms with Crippen molar-refractivity contribution >= 4 is 11.3 Å². The Bertz CT molecular complexity index is 332. The van der Waals surface area contributed by atoms with Gasteiger partial charge in [-0.05, 0) is 26.2 Å². The molecule has 1 unspecified atom stereocenters. The monoisotopic (exact) mass is 228 g/mol. The maximum absolute atomic E-state index is 5.66. The summed E-state index contributed by atoms with van der Waals surface area (Å²) >= 11 is 1.65. The number of ether oxygens (including phenoxy) is 3. The largest absolute Gasteiger partial charge is 0.490 e. The van der Waals surface area contributed by atoms with Crippen molar-refractivity contribution in [3.8, 4) is 5.75 Å². The summed E-state index contributed by atoms with van der Waals surface area (Å²) in [6, 6.07) is 0. The normalized spacial score (nSPS) is 24.3. The van der Waals surface area contributed by atoms with Crippen LogP contribution in [0.5, 0.6) is 5.75 Å². The molecule has 0 N–H and O–H groups in total. The van der Waals surface area contributed by atoms with E-state index in [1.807, 2.05) is 26.2 Å². The average molecular weight is 228 g/mol. The van der Waals surface area contributed by atoms with Gasteiger partial charge in [0, 0.05) is 10.9 Å². The molecule has 3 nitrogen and oxygen atoms in total. The van der Waals surface area contributed by atoms with Crippen molar-refractivity contribution in [2.75, 3.05) is 13.2 Å². The highest BCUT2D eigenvalue weighted by Gasteiger charge is 2.32. The van der Waals surface area contributed by atoms with Gasteiger partial charge in [0.1, 0.15) is 18.5 Å². The van der Waals surface area contributed by atoms with Gasteiger partial charge < -0.3 is 14.2 Å². The zero-order valence-corrected chi connectivity index (χ0v) is 10.1. The summed E-state index contributed by atoms with van der Waals surface area (Å²) in [4.78, 5) is 0. The third-order valence-electron chi connectivity index (χ3n) is 2.30. The number of hydrogen-bond donors (Lipinski definition) is 0. The van der Waals surface area contributed by atoms with Gasteiger partial charge in [0.25, 0.3) is 0 Å². The summed E-state index contributed by atoms with van der Waals surface area (Å²) in [7, 11) is 0. The van der Waals surface area contributed by atoms with Crippen LogP contribution in [-0.2, 0) is 9.47 Å². The molecule has 0 aliphatic carbocycles. The van der Waals surface area contributed by atoms with E-state index in [9.17, 15) is 0 Å². The molecule has 1 aromatic heterocycles. The molecule has 84 valence electrons. The summed E-state index contributed by atoms with van der Waals surface area (Å²) in [5, 5.41) is 4.08. The predicted octanol–water partition coefficient (Wildman–Crippen LogP) is 2.59. The minimum atomic E-state index is -0.461. The second-order valence-corrected chi connectivity index (χ2v) is 4.92. The molecular formula is C11H16O3S. The average Bonchev–Trinajstić information content (AvgIpc) is 2.69. The molecule has 4 heteroatoms. The molecule has 0 spiro atoms. The molecular weight excluding hydrogens is 212 g/mol. The van der Waals surface area contributed by atoms with Gasteiger partial charge in [-0.3, -0.25) is 0 Å². The number of rotatable bonds is 3. The van der Waals surface area contributed by atoms with Crippen LogP contribution in [0, 0.1) is 6.92 Å². The highest BCUT2D eigenvalue weighted by molar-refractivity contribution is 7.08. The first-order chi connectivity index (χ1) is 7.07. The van der Waals surface area contributed by atoms with Crippen molar-refractivity contribution in [2.24, 2.45) is 0 Å². The zero-order valence-electron chi connectivity index (χ0n) is 9.28. The predicted molar refractivity (Wildman–Crippen MR) is 59.5 cm³/mol. The molecule has 0 saturated carbocycles. The van der Waals surface area contributed by atoms with Gasteiger partial charge in [0.15, 0.2) is 5.79 Å². The fraction of sp³-hybridized carbons (Fsp3) is 0.636. The van der Waals surface area contributed by atoms with Crippen LogP contribution in [0.4, 0.5) is 0 Å². The molecule has 1 fully saturated rings. The molecule has 0 radical (unpaired) electrons. The first-order valence-corrected chi connectivity index (χ1v) is 5.98. The lowest BCUT2D eigenvalue weighted by atomic mass is 10.3. The van der Waals surface area contributed by atoms with Crippen molar-refractivity contribution in [3.05, 3.63) is 16.3 Å². The van der Waals surface area contributed by atoms with Crippen molar-refractivity contribution in [1.82, 2.24) is 0 Å². The summed E-state index contributed by atoms with van der Waals surface area (Å²) < 4.78 is 16.8. The van der Waals surface area contributed by atoms with Crippen LogP contribution in [0.3, 0.4) is 0 Å². The molecule has 1 aromatic rings. The van der Waals surface area contributed by atoms with E-state index in [0.29, 0.717) is 13.2 Å². The van der Waals surface area contributed by atoms with Gasteiger partial charge in [-0.15, -0.1) is 11.3 Å². The smallest absolute Gasteiger partial charge is 0.163 e. The lowest BCUT2D eigenvalue weighted by Gasteiger charge is -2.17. The third-order valence-corrected chi connectivity index (χ3v) is 3.14. The van der Waals surface area contributed by atoms with Crippen molar-refractivity contribution in [3.63, 3.8) is 0 Å². The molecule has 15 heavy (non-hydrogen) atoms. The van der Waals surface area contributed by atoms with E-state index in [-0.39, 0.29) is 6.10 Å². The Labute approximate surface area is 94.0 Å². The summed E-state index contributed by atoms with van der Waals surface area (Å²) in [6.07, 6.45) is 0.0410. The highest BCUT2D eigenvalue weighted by atomic mass is 32.1. The van der Waals surface area contributed by atoms with Crippen LogP contribution in [0.25, 0.3) is 0 Å². The topological polar surface area (TPSA) is 27.7 Å². The first-order valence-electron chi connectivity index (χ1n) is 5.04. The lowest BCUT2D eigenvalue weighted by molar-refractivity contribution is -0.141. The third kappa shape index (κ3) is 2.71. The molecule has 1 atom stereocenters. The van der Waals surface area contributed by atoms with E-state index in [1.54, 1.807) is 11.3 Å². The van der Waals surface area contributed by atoms with Crippen LogP contribution in [0.2, 0.25) is 0 Å². The van der Waals surface area contributed by atoms with E-state index in [2.05, 4.69) is 5.38 Å². The number of aryl methyl sites for hydroxylation is 1. The number of hydrogen-bond acceptors (Lipinski definition) is 4. The van der Waals surface area contributed by atoms with E-state index in [0.717, 1.165) is 5.75 Å². The Kier molecular flexibility index (Phi) is 3.00. The maximum Gasteiger partial charge on any atom is 0.163 e. The second-order valence-electron chi connectivity index (χ2n) is 4.18. The van der Waals surface area contributed by atoms with Crippen LogP contribution in [0.15, 0.2) is 10.8 Å². The van der Waals surface area contributed by atoms with E-state index in [4.69, 9.17) is 14.2 Å². The first kappa shape index (κ1) is 10.9. The Morgan fingerprint density at radius 3 is 2.87 bits per heavy atom. The van der Waals surface area contributed by atoms with E-state index < -0.39 is 5.79 Å². The van der Waals surface area contributed by atoms with Gasteiger partial charge in [-0.25, -0.2) is 0 Å². The fourth-order valence-corrected chi connectivity index (χ4v) is 2.29. The molecule has 0 aromatic carbocycles. The van der Waals surface area contributed by atoms with Crippen LogP contribution >= 0.6 is 11.3 Å². The van der Waals surface area contributed by atoms with Crippen LogP contribution in [0.1, 0.15) is 19.4 Å². The Morgan fingerprint density at radius 1 is 1.53 bits per heavy atom. The highest BCUT2D eigenvalue weighted by Crippen LogP contribution is 2.25. The molecule has 1 aliphatic heterocycles. The maximum atomic E-state index is 5.66. The summed E-state index contributed by atoms with van der Waals surface area (Å²) in [5.74, 6) is 0.492. The second kappa shape index (κ2) is 4.12. The van der Waals surface area contributed by atoms with Crippen molar-refractivity contribution < 1.29 is 14.2 Å². The lowest BCUT2D eigenvalue weighted by Crippen LogP contribution is -2.25. The standard InChI is InChI=1S/C11H16O3S/c1-8-6-15-7-10(8)12-4-9-5-13-11(2,3)14-9/h6-7,9H,4-5H2,1-3H3. The number of thiophene rings is 1. The molecule has 1 aliphatic rings. The molecule has 2 rings (SSSR count). The van der Waals surface area contributed by atoms with Gasteiger partial charge in [0.05, 0.1) is 6.61 Å². The van der Waals surface area contributed by atoms with Gasteiger partial charge in [-0.1, -0.05) is 0 Å². The molecule has 0 bridgehead atoms. The summed E-state index contributed by atoms with van der Waals surface area (Å²) in [6.45, 7) is 7.05. The zero-order chi connectivity index (χ0) is 10.9.